The second-order valence-electron chi connectivity index (χ2n) is 6.30. The molecule has 0 radical (unpaired) electrons. The van der Waals surface area contributed by atoms with Crippen molar-refractivity contribution in [3.05, 3.63) is 71.4 Å². The Morgan fingerprint density at radius 1 is 1.32 bits per heavy atom. The fourth-order valence-electron chi connectivity index (χ4n) is 2.94. The lowest BCUT2D eigenvalue weighted by atomic mass is 9.94. The van der Waals surface area contributed by atoms with Crippen LogP contribution >= 0.6 is 11.3 Å². The van der Waals surface area contributed by atoms with Crippen molar-refractivity contribution in [1.82, 2.24) is 19.7 Å². The van der Waals surface area contributed by atoms with Gasteiger partial charge in [-0.15, -0.1) is 11.3 Å². The zero-order valence-corrected chi connectivity index (χ0v) is 15.5. The Morgan fingerprint density at radius 2 is 2.21 bits per heavy atom. The van der Waals surface area contributed by atoms with Gasteiger partial charge in [0, 0.05) is 24.4 Å². The maximum atomic E-state index is 11.3. The molecule has 0 spiro atoms. The smallest absolute Gasteiger partial charge is 0.304 e. The number of rotatable bonds is 7. The van der Waals surface area contributed by atoms with E-state index < -0.39 is 11.9 Å². The molecule has 9 heteroatoms. The highest BCUT2D eigenvalue weighted by Crippen LogP contribution is 2.28. The first-order chi connectivity index (χ1) is 13.6. The maximum absolute atomic E-state index is 11.3. The van der Waals surface area contributed by atoms with E-state index in [0.717, 1.165) is 21.9 Å². The van der Waals surface area contributed by atoms with Gasteiger partial charge in [0.15, 0.2) is 5.76 Å². The first-order valence-corrected chi connectivity index (χ1v) is 9.41. The molecule has 142 valence electrons. The highest BCUT2D eigenvalue weighted by Gasteiger charge is 2.21. The molecule has 4 heterocycles. The van der Waals surface area contributed by atoms with Crippen LogP contribution in [0.1, 0.15) is 29.3 Å². The van der Waals surface area contributed by atoms with Crippen LogP contribution in [0.5, 0.6) is 0 Å². The number of hydrogen-bond donors (Lipinski definition) is 2. The minimum atomic E-state index is -0.909. The van der Waals surface area contributed by atoms with Gasteiger partial charge in [0.2, 0.25) is 0 Å². The molecule has 8 nitrogen and oxygen atoms in total. The van der Waals surface area contributed by atoms with Crippen LogP contribution in [-0.2, 0) is 11.3 Å². The van der Waals surface area contributed by atoms with Crippen molar-refractivity contribution in [3.8, 4) is 10.6 Å². The van der Waals surface area contributed by atoms with Crippen LogP contribution < -0.4 is 5.73 Å². The van der Waals surface area contributed by atoms with E-state index in [2.05, 4.69) is 15.1 Å². The van der Waals surface area contributed by atoms with Gasteiger partial charge in [-0.2, -0.15) is 0 Å². The number of pyridine rings is 1. The molecule has 4 aromatic heterocycles. The fourth-order valence-corrected chi connectivity index (χ4v) is 3.62. The van der Waals surface area contributed by atoms with E-state index in [1.54, 1.807) is 36.0 Å². The van der Waals surface area contributed by atoms with Crippen molar-refractivity contribution < 1.29 is 14.4 Å². The van der Waals surface area contributed by atoms with Gasteiger partial charge in [-0.1, -0.05) is 17.3 Å². The minimum absolute atomic E-state index is 0.0882. The van der Waals surface area contributed by atoms with Gasteiger partial charge < -0.3 is 19.9 Å². The maximum Gasteiger partial charge on any atom is 0.304 e. The van der Waals surface area contributed by atoms with Gasteiger partial charge in [0.25, 0.3) is 0 Å². The van der Waals surface area contributed by atoms with Gasteiger partial charge >= 0.3 is 5.97 Å². The summed E-state index contributed by atoms with van der Waals surface area (Å²) in [5.74, 6) is -0.211. The monoisotopic (exact) mass is 395 g/mol. The lowest BCUT2D eigenvalue weighted by Gasteiger charge is -2.12. The molecule has 1 unspecified atom stereocenters. The third-order valence-corrected chi connectivity index (χ3v) is 5.15. The summed E-state index contributed by atoms with van der Waals surface area (Å²) >= 11 is 1.58. The first-order valence-electron chi connectivity index (χ1n) is 8.53. The zero-order valence-electron chi connectivity index (χ0n) is 14.7. The Labute approximate surface area is 164 Å². The first kappa shape index (κ1) is 17.9. The van der Waals surface area contributed by atoms with E-state index in [-0.39, 0.29) is 6.42 Å². The molecule has 0 saturated heterocycles. The topological polar surface area (TPSA) is 120 Å². The summed E-state index contributed by atoms with van der Waals surface area (Å²) in [6.45, 7) is 0.474. The predicted molar refractivity (Wildman–Crippen MR) is 104 cm³/mol. The van der Waals surface area contributed by atoms with Crippen LogP contribution in [0.4, 0.5) is 5.82 Å². The summed E-state index contributed by atoms with van der Waals surface area (Å²) in [5, 5.41) is 15.4. The molecular formula is C19H17N5O3S. The number of nitrogens with zero attached hydrogens (tertiary/aromatic N) is 4. The Balaban J connectivity index is 1.54. The fraction of sp³-hybridized carbons (Fsp3) is 0.158. The summed E-state index contributed by atoms with van der Waals surface area (Å²) in [7, 11) is 0. The number of aromatic nitrogens is 4. The molecule has 0 saturated carbocycles. The van der Waals surface area contributed by atoms with E-state index in [4.69, 9.17) is 10.3 Å². The number of carboxylic acid groups (broad SMARTS) is 1. The van der Waals surface area contributed by atoms with E-state index >= 15 is 0 Å². The van der Waals surface area contributed by atoms with Crippen molar-refractivity contribution in [2.24, 2.45) is 0 Å². The number of carbonyl (C=O) groups is 1. The van der Waals surface area contributed by atoms with Crippen LogP contribution in [0, 0.1) is 0 Å². The number of nitrogen functional groups attached to an aromatic ring is 1. The number of carboxylic acids is 1. The summed E-state index contributed by atoms with van der Waals surface area (Å²) in [5.41, 5.74) is 7.79. The van der Waals surface area contributed by atoms with Crippen molar-refractivity contribution >= 4 is 23.1 Å². The van der Waals surface area contributed by atoms with E-state index in [1.807, 2.05) is 34.3 Å². The molecule has 0 amide bonds. The number of aliphatic carboxylic acids is 1. The molecule has 4 aromatic rings. The lowest BCUT2D eigenvalue weighted by Crippen LogP contribution is -2.09. The molecule has 3 N–H and O–H groups in total. The highest BCUT2D eigenvalue weighted by molar-refractivity contribution is 7.13. The van der Waals surface area contributed by atoms with Crippen LogP contribution in [0.3, 0.4) is 0 Å². The third kappa shape index (κ3) is 3.94. The van der Waals surface area contributed by atoms with E-state index in [9.17, 15) is 9.90 Å². The zero-order chi connectivity index (χ0) is 19.5. The van der Waals surface area contributed by atoms with Crippen molar-refractivity contribution in [1.29, 1.82) is 0 Å². The Hall–Kier alpha value is -3.46. The molecule has 0 bridgehead atoms. The largest absolute Gasteiger partial charge is 0.481 e. The Bertz CT molecular complexity index is 1070. The lowest BCUT2D eigenvalue weighted by molar-refractivity contribution is -0.137. The molecule has 28 heavy (non-hydrogen) atoms. The third-order valence-electron chi connectivity index (χ3n) is 4.27. The number of imidazole rings is 1. The molecule has 0 aromatic carbocycles. The predicted octanol–water partition coefficient (Wildman–Crippen LogP) is 3.23. The molecule has 4 rings (SSSR count). The molecular weight excluding hydrogens is 378 g/mol. The van der Waals surface area contributed by atoms with Gasteiger partial charge in [-0.3, -0.25) is 4.79 Å². The number of thiophene rings is 1. The number of nitrogens with two attached hydrogens (primary N) is 1. The van der Waals surface area contributed by atoms with Crippen molar-refractivity contribution in [2.75, 3.05) is 5.73 Å². The van der Waals surface area contributed by atoms with Gasteiger partial charge in [-0.05, 0) is 23.1 Å². The molecule has 0 aliphatic heterocycles. The van der Waals surface area contributed by atoms with Gasteiger partial charge in [0.05, 0.1) is 29.9 Å². The molecule has 0 aliphatic carbocycles. The standard InChI is InChI=1S/C19H17N5O3S/c20-18-4-3-12(8-21-18)14(7-19(25)26)15-10-24(11-22-15)9-13-6-16(27-23-13)17-2-1-5-28-17/h1-6,8,10-11,14H,7,9H2,(H2,20,21)(H,25,26). The SMILES string of the molecule is Nc1ccc(C(CC(=O)O)c2cn(Cc3cc(-c4cccs4)on3)cn2)cn1. The molecule has 0 fully saturated rings. The number of anilines is 1. The van der Waals surface area contributed by atoms with E-state index in [0.29, 0.717) is 18.1 Å². The molecule has 0 aliphatic rings. The Kier molecular flexibility index (Phi) is 4.90. The average Bonchev–Trinajstić information content (AvgIpc) is 3.42. The number of hydrogen-bond acceptors (Lipinski definition) is 7. The Morgan fingerprint density at radius 3 is 2.93 bits per heavy atom. The summed E-state index contributed by atoms with van der Waals surface area (Å²) in [4.78, 5) is 20.8. The quantitative estimate of drug-likeness (QED) is 0.493. The normalized spacial score (nSPS) is 12.1. The van der Waals surface area contributed by atoms with Crippen molar-refractivity contribution in [2.45, 2.75) is 18.9 Å². The second kappa shape index (κ2) is 7.65. The summed E-state index contributed by atoms with van der Waals surface area (Å²) in [6, 6.07) is 9.26. The van der Waals surface area contributed by atoms with Crippen LogP contribution in [0.15, 0.2) is 59.0 Å². The second-order valence-corrected chi connectivity index (χ2v) is 7.25. The highest BCUT2D eigenvalue weighted by atomic mass is 32.1. The van der Waals surface area contributed by atoms with Gasteiger partial charge in [0.1, 0.15) is 11.5 Å². The van der Waals surface area contributed by atoms with E-state index in [1.165, 1.54) is 0 Å². The summed E-state index contributed by atoms with van der Waals surface area (Å²) < 4.78 is 7.25. The average molecular weight is 395 g/mol. The summed E-state index contributed by atoms with van der Waals surface area (Å²) in [6.07, 6.45) is 4.99. The van der Waals surface area contributed by atoms with Gasteiger partial charge in [-0.25, -0.2) is 9.97 Å². The van der Waals surface area contributed by atoms with Crippen LogP contribution in [0.2, 0.25) is 0 Å². The van der Waals surface area contributed by atoms with Crippen LogP contribution in [0.25, 0.3) is 10.6 Å². The minimum Gasteiger partial charge on any atom is -0.481 e. The van der Waals surface area contributed by atoms with Crippen molar-refractivity contribution in [3.63, 3.8) is 0 Å². The molecule has 1 atom stereocenters. The van der Waals surface area contributed by atoms with Crippen LogP contribution in [-0.4, -0.2) is 30.8 Å².